The second-order valence-corrected chi connectivity index (χ2v) is 10.3. The summed E-state index contributed by atoms with van der Waals surface area (Å²) in [5.41, 5.74) is -1.84. The number of hydrogen-bond donors (Lipinski definition) is 3. The number of alkyl carbamates (subject to hydrolysis) is 1. The van der Waals surface area contributed by atoms with Crippen molar-refractivity contribution in [3.05, 3.63) is 29.6 Å². The zero-order valence-electron chi connectivity index (χ0n) is 19.6. The summed E-state index contributed by atoms with van der Waals surface area (Å²) in [6.07, 6.45) is -1.54. The minimum absolute atomic E-state index is 0.00292. The van der Waals surface area contributed by atoms with E-state index in [1.807, 2.05) is 34.6 Å². The molecule has 182 valence electrons. The van der Waals surface area contributed by atoms with Crippen LogP contribution in [0.4, 0.5) is 18.0 Å². The first kappa shape index (κ1) is 26.4. The van der Waals surface area contributed by atoms with Crippen LogP contribution in [0, 0.1) is 5.92 Å². The van der Waals surface area contributed by atoms with E-state index in [-0.39, 0.29) is 29.9 Å². The van der Waals surface area contributed by atoms with Gasteiger partial charge < -0.3 is 20.5 Å². The van der Waals surface area contributed by atoms with Crippen molar-refractivity contribution in [3.63, 3.8) is 0 Å². The summed E-state index contributed by atoms with van der Waals surface area (Å²) in [7, 11) is 0. The number of nitrogens with one attached hydrogen (secondary N) is 2. The lowest BCUT2D eigenvalue weighted by molar-refractivity contribution is -0.141. The minimum Gasteiger partial charge on any atom is -0.444 e. The summed E-state index contributed by atoms with van der Waals surface area (Å²) in [5, 5.41) is 16.5. The number of carbonyl (C=O) groups is 1. The first-order valence-corrected chi connectivity index (χ1v) is 11.1. The Balaban J connectivity index is 1.79. The smallest absolute Gasteiger partial charge is 0.433 e. The standard InChI is InChI=1S/C23H36F3N3O3/c1-21(2,3)32-20(31)28-16-11-9-15(10-12-16)13-22(4,5)27-14-18(30)17-7-6-8-19(29-17)23(24,25)26/h6-8,15-16,18,27,30H,9-14H2,1-5H3,(H,28,31). The van der Waals surface area contributed by atoms with Gasteiger partial charge in [0.1, 0.15) is 17.4 Å². The highest BCUT2D eigenvalue weighted by Gasteiger charge is 2.33. The Labute approximate surface area is 188 Å². The number of hydrogen-bond acceptors (Lipinski definition) is 5. The first-order valence-electron chi connectivity index (χ1n) is 11.1. The molecule has 1 aliphatic carbocycles. The van der Waals surface area contributed by atoms with Crippen LogP contribution in [0.1, 0.15) is 84.2 Å². The molecule has 0 spiro atoms. The van der Waals surface area contributed by atoms with Crippen LogP contribution in [0.25, 0.3) is 0 Å². The molecule has 0 aromatic carbocycles. The zero-order valence-corrected chi connectivity index (χ0v) is 19.6. The van der Waals surface area contributed by atoms with Crippen LogP contribution < -0.4 is 10.6 Å². The predicted molar refractivity (Wildman–Crippen MR) is 116 cm³/mol. The Morgan fingerprint density at radius 1 is 1.16 bits per heavy atom. The quantitative estimate of drug-likeness (QED) is 0.536. The van der Waals surface area contributed by atoms with Gasteiger partial charge in [0.05, 0.1) is 5.69 Å². The third-order valence-corrected chi connectivity index (χ3v) is 5.54. The van der Waals surface area contributed by atoms with Gasteiger partial charge in [0, 0.05) is 18.1 Å². The van der Waals surface area contributed by atoms with Crippen LogP contribution >= 0.6 is 0 Å². The molecule has 1 amide bonds. The van der Waals surface area contributed by atoms with Crippen LogP contribution in [-0.4, -0.2) is 39.9 Å². The molecule has 1 aliphatic rings. The second kappa shape index (κ2) is 10.4. The molecule has 1 saturated carbocycles. The van der Waals surface area contributed by atoms with Crippen molar-refractivity contribution >= 4 is 6.09 Å². The van der Waals surface area contributed by atoms with Crippen molar-refractivity contribution in [1.82, 2.24) is 15.6 Å². The number of halogens is 3. The Morgan fingerprint density at radius 3 is 2.34 bits per heavy atom. The molecular formula is C23H36F3N3O3. The fourth-order valence-electron chi connectivity index (χ4n) is 4.05. The van der Waals surface area contributed by atoms with E-state index in [4.69, 9.17) is 4.74 Å². The fourth-order valence-corrected chi connectivity index (χ4v) is 4.05. The lowest BCUT2D eigenvalue weighted by Crippen LogP contribution is -2.45. The molecule has 1 fully saturated rings. The lowest BCUT2D eigenvalue weighted by Gasteiger charge is -2.36. The molecule has 0 saturated heterocycles. The van der Waals surface area contributed by atoms with Gasteiger partial charge >= 0.3 is 12.3 Å². The lowest BCUT2D eigenvalue weighted by atomic mass is 9.79. The number of pyridine rings is 1. The van der Waals surface area contributed by atoms with E-state index in [1.54, 1.807) is 0 Å². The maximum absolute atomic E-state index is 12.8. The van der Waals surface area contributed by atoms with E-state index in [1.165, 1.54) is 12.1 Å². The topological polar surface area (TPSA) is 83.5 Å². The first-order chi connectivity index (χ1) is 14.6. The van der Waals surface area contributed by atoms with Gasteiger partial charge in [-0.15, -0.1) is 0 Å². The third-order valence-electron chi connectivity index (χ3n) is 5.54. The van der Waals surface area contributed by atoms with Gasteiger partial charge in [-0.05, 0) is 84.8 Å². The average Bonchev–Trinajstić information content (AvgIpc) is 2.65. The van der Waals surface area contributed by atoms with E-state index in [9.17, 15) is 23.1 Å². The molecule has 1 atom stereocenters. The van der Waals surface area contributed by atoms with E-state index >= 15 is 0 Å². The van der Waals surface area contributed by atoms with Gasteiger partial charge in [0.25, 0.3) is 0 Å². The highest BCUT2D eigenvalue weighted by Crippen LogP contribution is 2.32. The van der Waals surface area contributed by atoms with Gasteiger partial charge in [-0.2, -0.15) is 13.2 Å². The second-order valence-electron chi connectivity index (χ2n) is 10.3. The highest BCUT2D eigenvalue weighted by atomic mass is 19.4. The molecule has 2 rings (SSSR count). The molecule has 32 heavy (non-hydrogen) atoms. The molecule has 0 bridgehead atoms. The molecule has 1 aromatic heterocycles. The summed E-state index contributed by atoms with van der Waals surface area (Å²) >= 11 is 0. The summed E-state index contributed by atoms with van der Waals surface area (Å²) in [5.74, 6) is 0.456. The van der Waals surface area contributed by atoms with E-state index in [2.05, 4.69) is 15.6 Å². The average molecular weight is 460 g/mol. The number of aliphatic hydroxyl groups is 1. The number of amides is 1. The van der Waals surface area contributed by atoms with Crippen molar-refractivity contribution in [2.45, 2.75) is 96.2 Å². The Morgan fingerprint density at radius 2 is 1.78 bits per heavy atom. The summed E-state index contributed by atoms with van der Waals surface area (Å²) in [4.78, 5) is 15.5. The van der Waals surface area contributed by atoms with Gasteiger partial charge in [-0.3, -0.25) is 0 Å². The summed E-state index contributed by atoms with van der Waals surface area (Å²) in [6, 6.07) is 3.64. The van der Waals surface area contributed by atoms with E-state index in [0.717, 1.165) is 38.2 Å². The summed E-state index contributed by atoms with van der Waals surface area (Å²) in [6.45, 7) is 9.64. The van der Waals surface area contributed by atoms with Gasteiger partial charge in [-0.1, -0.05) is 6.07 Å². The number of aromatic nitrogens is 1. The van der Waals surface area contributed by atoms with Gasteiger partial charge in [-0.25, -0.2) is 9.78 Å². The molecule has 0 radical (unpaired) electrons. The molecule has 6 nitrogen and oxygen atoms in total. The van der Waals surface area contributed by atoms with Crippen molar-refractivity contribution < 1.29 is 27.8 Å². The normalized spacial score (nSPS) is 21.2. The minimum atomic E-state index is -4.54. The number of β-amino-alcohol motifs (C(OH)–C–C–N with tert-alkyl or cyclic N) is 1. The molecule has 0 aliphatic heterocycles. The maximum atomic E-state index is 12.8. The Hall–Kier alpha value is -1.87. The van der Waals surface area contributed by atoms with Crippen LogP contribution in [0.2, 0.25) is 0 Å². The third kappa shape index (κ3) is 8.94. The van der Waals surface area contributed by atoms with Crippen LogP contribution in [0.3, 0.4) is 0 Å². The SMILES string of the molecule is CC(C)(CC1CCC(NC(=O)OC(C)(C)C)CC1)NCC(O)c1cccc(C(F)(F)F)n1. The van der Waals surface area contributed by atoms with E-state index in [0.29, 0.717) is 5.92 Å². The van der Waals surface area contributed by atoms with Gasteiger partial charge in [0.15, 0.2) is 0 Å². The monoisotopic (exact) mass is 459 g/mol. The zero-order chi connectivity index (χ0) is 24.2. The highest BCUT2D eigenvalue weighted by molar-refractivity contribution is 5.68. The maximum Gasteiger partial charge on any atom is 0.433 e. The van der Waals surface area contributed by atoms with Crippen molar-refractivity contribution in [3.8, 4) is 0 Å². The predicted octanol–water partition coefficient (Wildman–Crippen LogP) is 4.98. The molecule has 1 unspecified atom stereocenters. The number of ether oxygens (including phenoxy) is 1. The number of aliphatic hydroxyl groups excluding tert-OH is 1. The fraction of sp³-hybridized carbons (Fsp3) is 0.739. The molecule has 1 heterocycles. The Kier molecular flexibility index (Phi) is 8.56. The molecule has 1 aromatic rings. The van der Waals surface area contributed by atoms with Crippen molar-refractivity contribution in [2.75, 3.05) is 6.54 Å². The van der Waals surface area contributed by atoms with Gasteiger partial charge in [0.2, 0.25) is 0 Å². The largest absolute Gasteiger partial charge is 0.444 e. The Bertz CT molecular complexity index is 755. The number of rotatable bonds is 7. The number of alkyl halides is 3. The number of carbonyl (C=O) groups excluding carboxylic acids is 1. The van der Waals surface area contributed by atoms with Crippen molar-refractivity contribution in [1.29, 1.82) is 0 Å². The van der Waals surface area contributed by atoms with E-state index < -0.39 is 23.6 Å². The number of nitrogens with zero attached hydrogens (tertiary/aromatic N) is 1. The summed E-state index contributed by atoms with van der Waals surface area (Å²) < 4.78 is 43.9. The van der Waals surface area contributed by atoms with Crippen LogP contribution in [0.15, 0.2) is 18.2 Å². The van der Waals surface area contributed by atoms with Crippen LogP contribution in [-0.2, 0) is 10.9 Å². The molecule has 9 heteroatoms. The molecule has 3 N–H and O–H groups in total. The van der Waals surface area contributed by atoms with Crippen LogP contribution in [0.5, 0.6) is 0 Å². The van der Waals surface area contributed by atoms with Crippen molar-refractivity contribution in [2.24, 2.45) is 5.92 Å². The molecular weight excluding hydrogens is 423 g/mol.